The van der Waals surface area contributed by atoms with Crippen molar-refractivity contribution in [3.05, 3.63) is 70.3 Å². The predicted octanol–water partition coefficient (Wildman–Crippen LogP) is 7.47. The van der Waals surface area contributed by atoms with Crippen molar-refractivity contribution in [2.24, 2.45) is 17.8 Å². The van der Waals surface area contributed by atoms with E-state index in [0.717, 1.165) is 35.8 Å². The van der Waals surface area contributed by atoms with Crippen LogP contribution in [-0.2, 0) is 12.8 Å². The molecule has 1 unspecified atom stereocenters. The van der Waals surface area contributed by atoms with Crippen LogP contribution in [0.3, 0.4) is 0 Å². The summed E-state index contributed by atoms with van der Waals surface area (Å²) in [6.07, 6.45) is 13.4. The van der Waals surface area contributed by atoms with Crippen molar-refractivity contribution in [3.8, 4) is 11.8 Å². The minimum Gasteiger partial charge on any atom is -0.204 e. The predicted molar refractivity (Wildman–Crippen MR) is 119 cm³/mol. The van der Waals surface area contributed by atoms with E-state index in [1.165, 1.54) is 81.0 Å². The van der Waals surface area contributed by atoms with Crippen LogP contribution >= 0.6 is 0 Å². The molecule has 0 bridgehead atoms. The van der Waals surface area contributed by atoms with Gasteiger partial charge >= 0.3 is 0 Å². The molecule has 1 saturated carbocycles. The molecule has 0 heterocycles. The number of benzene rings is 2. The van der Waals surface area contributed by atoms with Crippen molar-refractivity contribution in [3.63, 3.8) is 0 Å². The minimum atomic E-state index is -0.866. The summed E-state index contributed by atoms with van der Waals surface area (Å²) in [5, 5.41) is 0. The zero-order valence-electron chi connectivity index (χ0n) is 18.0. The van der Waals surface area contributed by atoms with Crippen LogP contribution in [0.4, 0.5) is 8.78 Å². The summed E-state index contributed by atoms with van der Waals surface area (Å²) in [6, 6.07) is 10.5. The van der Waals surface area contributed by atoms with Gasteiger partial charge in [0.15, 0.2) is 11.6 Å². The number of hydrogen-bond acceptors (Lipinski definition) is 0. The van der Waals surface area contributed by atoms with Crippen LogP contribution in [0.15, 0.2) is 36.4 Å². The fourth-order valence-corrected chi connectivity index (χ4v) is 5.44. The Kier molecular flexibility index (Phi) is 6.88. The third-order valence-electron chi connectivity index (χ3n) is 7.29. The molecule has 0 N–H and O–H groups in total. The van der Waals surface area contributed by atoms with Crippen LogP contribution in [0.2, 0.25) is 0 Å². The molecule has 1 fully saturated rings. The second kappa shape index (κ2) is 9.78. The number of unbranched alkanes of at least 4 members (excludes halogenated alkanes) is 1. The molecule has 0 amide bonds. The Hall–Kier alpha value is -2.14. The van der Waals surface area contributed by atoms with E-state index in [1.54, 1.807) is 0 Å². The average molecular weight is 407 g/mol. The third kappa shape index (κ3) is 4.94. The maximum absolute atomic E-state index is 13.8. The first-order chi connectivity index (χ1) is 14.6. The van der Waals surface area contributed by atoms with Crippen molar-refractivity contribution in [1.82, 2.24) is 0 Å². The molecular weight excluding hydrogens is 374 g/mol. The summed E-state index contributed by atoms with van der Waals surface area (Å²) in [5.74, 6) is 6.78. The topological polar surface area (TPSA) is 0 Å². The highest BCUT2D eigenvalue weighted by molar-refractivity contribution is 5.46. The van der Waals surface area contributed by atoms with E-state index in [1.807, 2.05) is 6.07 Å². The molecule has 0 saturated heterocycles. The standard InChI is InChI=1S/C28H32F2/c1-2-3-5-20-8-12-22(13-9-20)25-17-16-24-18-21(11-15-26(24)19-25)10-14-23-6-4-7-27(29)28(23)30/h4,6-7,11,15,18,20,22,25H,2-3,5,8-9,12-13,16-17,19H2,1H3. The monoisotopic (exact) mass is 406 g/mol. The number of aryl methyl sites for hydroxylation is 1. The van der Waals surface area contributed by atoms with E-state index in [2.05, 4.69) is 30.9 Å². The Morgan fingerprint density at radius 1 is 0.900 bits per heavy atom. The van der Waals surface area contributed by atoms with Crippen molar-refractivity contribution in [2.45, 2.75) is 71.1 Å². The zero-order valence-corrected chi connectivity index (χ0v) is 18.0. The van der Waals surface area contributed by atoms with Gasteiger partial charge < -0.3 is 0 Å². The second-order valence-corrected chi connectivity index (χ2v) is 9.26. The maximum Gasteiger partial charge on any atom is 0.174 e. The van der Waals surface area contributed by atoms with Gasteiger partial charge in [-0.2, -0.15) is 0 Å². The average Bonchev–Trinajstić information content (AvgIpc) is 2.78. The smallest absolute Gasteiger partial charge is 0.174 e. The van der Waals surface area contributed by atoms with Crippen LogP contribution in [0.5, 0.6) is 0 Å². The largest absolute Gasteiger partial charge is 0.204 e. The van der Waals surface area contributed by atoms with Gasteiger partial charge in [0.2, 0.25) is 0 Å². The van der Waals surface area contributed by atoms with Crippen molar-refractivity contribution in [2.75, 3.05) is 0 Å². The molecule has 2 heteroatoms. The van der Waals surface area contributed by atoms with Gasteiger partial charge in [-0.25, -0.2) is 8.78 Å². The summed E-state index contributed by atoms with van der Waals surface area (Å²) < 4.78 is 27.2. The summed E-state index contributed by atoms with van der Waals surface area (Å²) in [7, 11) is 0. The fourth-order valence-electron chi connectivity index (χ4n) is 5.44. The van der Waals surface area contributed by atoms with E-state index in [0.29, 0.717) is 0 Å². The van der Waals surface area contributed by atoms with Crippen molar-refractivity contribution in [1.29, 1.82) is 0 Å². The van der Waals surface area contributed by atoms with Crippen LogP contribution in [0, 0.1) is 41.2 Å². The van der Waals surface area contributed by atoms with E-state index >= 15 is 0 Å². The number of hydrogen-bond donors (Lipinski definition) is 0. The highest BCUT2D eigenvalue weighted by Gasteiger charge is 2.30. The fraction of sp³-hybridized carbons (Fsp3) is 0.500. The molecule has 0 nitrogen and oxygen atoms in total. The summed E-state index contributed by atoms with van der Waals surface area (Å²) in [5.41, 5.74) is 3.84. The van der Waals surface area contributed by atoms with Crippen molar-refractivity contribution >= 4 is 0 Å². The molecule has 30 heavy (non-hydrogen) atoms. The normalized spacial score (nSPS) is 23.4. The Labute approximate surface area is 180 Å². The summed E-state index contributed by atoms with van der Waals surface area (Å²) in [4.78, 5) is 0. The van der Waals surface area contributed by atoms with Gasteiger partial charge in [-0.3, -0.25) is 0 Å². The molecule has 2 aromatic rings. The Bertz CT molecular complexity index is 925. The van der Waals surface area contributed by atoms with Gasteiger partial charge in [0.25, 0.3) is 0 Å². The number of rotatable bonds is 4. The Morgan fingerprint density at radius 2 is 1.73 bits per heavy atom. The van der Waals surface area contributed by atoms with E-state index in [-0.39, 0.29) is 5.56 Å². The molecule has 2 aromatic carbocycles. The molecular formula is C28H32F2. The van der Waals surface area contributed by atoms with Gasteiger partial charge in [0, 0.05) is 5.56 Å². The molecule has 0 radical (unpaired) electrons. The van der Waals surface area contributed by atoms with E-state index in [4.69, 9.17) is 0 Å². The number of halogens is 2. The molecule has 0 aromatic heterocycles. The molecule has 0 spiro atoms. The molecule has 0 aliphatic heterocycles. The molecule has 1 atom stereocenters. The molecule has 158 valence electrons. The second-order valence-electron chi connectivity index (χ2n) is 9.26. The molecule has 2 aliphatic rings. The van der Waals surface area contributed by atoms with E-state index < -0.39 is 11.6 Å². The quantitative estimate of drug-likeness (QED) is 0.462. The molecule has 2 aliphatic carbocycles. The first kappa shape index (κ1) is 21.1. The van der Waals surface area contributed by atoms with Gasteiger partial charge in [-0.1, -0.05) is 63.0 Å². The van der Waals surface area contributed by atoms with Gasteiger partial charge in [0.05, 0.1) is 5.56 Å². The van der Waals surface area contributed by atoms with Gasteiger partial charge in [0.1, 0.15) is 0 Å². The Balaban J connectivity index is 1.38. The Morgan fingerprint density at radius 3 is 2.53 bits per heavy atom. The maximum atomic E-state index is 13.8. The van der Waals surface area contributed by atoms with Gasteiger partial charge in [-0.05, 0) is 85.3 Å². The lowest BCUT2D eigenvalue weighted by Gasteiger charge is -2.36. The zero-order chi connectivity index (χ0) is 20.9. The summed E-state index contributed by atoms with van der Waals surface area (Å²) >= 11 is 0. The van der Waals surface area contributed by atoms with Crippen LogP contribution in [0.25, 0.3) is 0 Å². The highest BCUT2D eigenvalue weighted by atomic mass is 19.2. The third-order valence-corrected chi connectivity index (χ3v) is 7.29. The van der Waals surface area contributed by atoms with Crippen LogP contribution in [0.1, 0.15) is 80.5 Å². The SMILES string of the molecule is CCCCC1CCC(C2CCc3cc(C#Cc4cccc(F)c4F)ccc3C2)CC1. The molecule has 4 rings (SSSR count). The van der Waals surface area contributed by atoms with Crippen LogP contribution in [-0.4, -0.2) is 0 Å². The lowest BCUT2D eigenvalue weighted by Crippen LogP contribution is -2.26. The highest BCUT2D eigenvalue weighted by Crippen LogP contribution is 2.40. The first-order valence-corrected chi connectivity index (χ1v) is 11.7. The lowest BCUT2D eigenvalue weighted by molar-refractivity contribution is 0.183. The van der Waals surface area contributed by atoms with Gasteiger partial charge in [-0.15, -0.1) is 0 Å². The van der Waals surface area contributed by atoms with Crippen LogP contribution < -0.4 is 0 Å². The van der Waals surface area contributed by atoms with Crippen molar-refractivity contribution < 1.29 is 8.78 Å². The summed E-state index contributed by atoms with van der Waals surface area (Å²) in [6.45, 7) is 2.29. The lowest BCUT2D eigenvalue weighted by atomic mass is 9.69. The number of fused-ring (bicyclic) bond motifs is 1. The first-order valence-electron chi connectivity index (χ1n) is 11.7. The minimum absolute atomic E-state index is 0.113. The van der Waals surface area contributed by atoms with E-state index in [9.17, 15) is 8.78 Å².